The zero-order valence-electron chi connectivity index (χ0n) is 24.7. The van der Waals surface area contributed by atoms with E-state index in [0.29, 0.717) is 33.0 Å². The van der Waals surface area contributed by atoms with E-state index in [2.05, 4.69) is 11.1 Å². The van der Waals surface area contributed by atoms with Crippen LogP contribution in [0.2, 0.25) is 10.0 Å². The lowest BCUT2D eigenvalue weighted by Crippen LogP contribution is -2.41. The normalized spacial score (nSPS) is 14.7. The number of ether oxygens (including phenoxy) is 3. The van der Waals surface area contributed by atoms with Gasteiger partial charge in [0, 0.05) is 10.6 Å². The molecular weight excluding hydrogens is 678 g/mol. The standard InChI is InChI=1S/C33H24Cl2F3N3O5S/c1-3-44-24-14-18(13-23(35)28(24)46-17-21-8-6-5-7-20(21)16-39)15-25-30(42)41-27(19-9-11-22(34)12-10-19)26(31(43)45-4-2)29(33(36,37)38)40-32(41)47-25/h5-15,27H,3-4,17H2,1-2H3/b25-15-/t27-/m0/s1. The highest BCUT2D eigenvalue weighted by molar-refractivity contribution is 7.07. The van der Waals surface area contributed by atoms with Crippen molar-refractivity contribution in [2.24, 2.45) is 4.99 Å². The summed E-state index contributed by atoms with van der Waals surface area (Å²) in [6, 6.07) is 16.4. The molecule has 1 aliphatic heterocycles. The predicted molar refractivity (Wildman–Crippen MR) is 170 cm³/mol. The Morgan fingerprint density at radius 3 is 2.47 bits per heavy atom. The monoisotopic (exact) mass is 701 g/mol. The Hall–Kier alpha value is -4.57. The van der Waals surface area contributed by atoms with Crippen LogP contribution < -0.4 is 24.4 Å². The maximum Gasteiger partial charge on any atom is 0.434 e. The molecule has 2 heterocycles. The third-order valence-electron chi connectivity index (χ3n) is 6.92. The summed E-state index contributed by atoms with van der Waals surface area (Å²) in [5.41, 5.74) is -1.31. The number of fused-ring (bicyclic) bond motifs is 1. The first-order chi connectivity index (χ1) is 22.5. The minimum absolute atomic E-state index is 0.0180. The molecule has 0 radical (unpaired) electrons. The molecule has 0 saturated heterocycles. The Bertz CT molecular complexity index is 2100. The smallest absolute Gasteiger partial charge is 0.434 e. The quantitative estimate of drug-likeness (QED) is 0.185. The highest BCUT2D eigenvalue weighted by Crippen LogP contribution is 2.39. The van der Waals surface area contributed by atoms with Crippen molar-refractivity contribution in [3.05, 3.63) is 124 Å². The topological polar surface area (TPSA) is 103 Å². The number of benzene rings is 3. The van der Waals surface area contributed by atoms with E-state index in [1.54, 1.807) is 37.3 Å². The molecule has 4 aromatic rings. The van der Waals surface area contributed by atoms with Gasteiger partial charge in [-0.25, -0.2) is 9.79 Å². The summed E-state index contributed by atoms with van der Waals surface area (Å²) >= 11 is 13.4. The molecule has 5 rings (SSSR count). The molecule has 0 aliphatic carbocycles. The van der Waals surface area contributed by atoms with Crippen LogP contribution in [0, 0.1) is 11.3 Å². The minimum atomic E-state index is -5.04. The molecule has 0 amide bonds. The summed E-state index contributed by atoms with van der Waals surface area (Å²) in [4.78, 5) is 30.4. The Labute approximate surface area is 280 Å². The third-order valence-corrected chi connectivity index (χ3v) is 8.44. The van der Waals surface area contributed by atoms with Gasteiger partial charge in [0.2, 0.25) is 0 Å². The lowest BCUT2D eigenvalue weighted by molar-refractivity contribution is -0.140. The van der Waals surface area contributed by atoms with E-state index in [1.807, 2.05) is 0 Å². The molecule has 0 N–H and O–H groups in total. The SMILES string of the molecule is CCOC(=O)C1=C(C(F)(F)F)N=c2s/c(=C\c3cc(Cl)c(OCc4ccccc4C#N)c(OCC)c3)c(=O)n2[C@H]1c1ccc(Cl)cc1. The van der Waals surface area contributed by atoms with Gasteiger partial charge in [0.15, 0.2) is 22.0 Å². The van der Waals surface area contributed by atoms with Crippen LogP contribution in [0.3, 0.4) is 0 Å². The first-order valence-corrected chi connectivity index (χ1v) is 15.7. The second-order valence-electron chi connectivity index (χ2n) is 9.94. The average Bonchev–Trinajstić information content (AvgIpc) is 3.34. The van der Waals surface area contributed by atoms with Crippen LogP contribution in [0.4, 0.5) is 13.2 Å². The van der Waals surface area contributed by atoms with Gasteiger partial charge in [-0.1, -0.05) is 64.9 Å². The van der Waals surface area contributed by atoms with Crippen molar-refractivity contribution in [1.82, 2.24) is 4.57 Å². The van der Waals surface area contributed by atoms with Crippen molar-refractivity contribution in [2.45, 2.75) is 32.7 Å². The van der Waals surface area contributed by atoms with Gasteiger partial charge in [-0.2, -0.15) is 18.4 Å². The van der Waals surface area contributed by atoms with Crippen LogP contribution in [-0.4, -0.2) is 29.9 Å². The summed E-state index contributed by atoms with van der Waals surface area (Å²) in [5, 5.41) is 9.84. The molecular formula is C33H24Cl2F3N3O5S. The van der Waals surface area contributed by atoms with Crippen LogP contribution in [0.25, 0.3) is 6.08 Å². The molecule has 1 aliphatic rings. The van der Waals surface area contributed by atoms with Gasteiger partial charge in [-0.15, -0.1) is 0 Å². The molecule has 3 aromatic carbocycles. The van der Waals surface area contributed by atoms with Gasteiger partial charge in [0.25, 0.3) is 5.56 Å². The number of carbonyl (C=O) groups excluding carboxylic acids is 1. The van der Waals surface area contributed by atoms with Gasteiger partial charge < -0.3 is 14.2 Å². The Morgan fingerprint density at radius 1 is 1.09 bits per heavy atom. The predicted octanol–water partition coefficient (Wildman–Crippen LogP) is 6.50. The number of hydrogen-bond donors (Lipinski definition) is 0. The number of thiazole rings is 1. The van der Waals surface area contributed by atoms with E-state index in [-0.39, 0.29) is 51.2 Å². The molecule has 14 heteroatoms. The van der Waals surface area contributed by atoms with Crippen molar-refractivity contribution < 1.29 is 32.2 Å². The number of alkyl halides is 3. The summed E-state index contributed by atoms with van der Waals surface area (Å²) in [6.45, 7) is 3.28. The van der Waals surface area contributed by atoms with E-state index in [9.17, 15) is 28.0 Å². The molecule has 47 heavy (non-hydrogen) atoms. The molecule has 242 valence electrons. The number of rotatable bonds is 9. The van der Waals surface area contributed by atoms with Crippen molar-refractivity contribution in [3.8, 4) is 17.6 Å². The second kappa shape index (κ2) is 14.0. The van der Waals surface area contributed by atoms with Gasteiger partial charge in [0.05, 0.1) is 46.0 Å². The molecule has 8 nitrogen and oxygen atoms in total. The summed E-state index contributed by atoms with van der Waals surface area (Å²) in [6.07, 6.45) is -3.60. The summed E-state index contributed by atoms with van der Waals surface area (Å²) in [5.74, 6) is -0.799. The Morgan fingerprint density at radius 2 is 1.81 bits per heavy atom. The van der Waals surface area contributed by atoms with Crippen LogP contribution >= 0.6 is 34.5 Å². The zero-order chi connectivity index (χ0) is 33.9. The van der Waals surface area contributed by atoms with Crippen LogP contribution in [0.15, 0.2) is 81.7 Å². The number of esters is 1. The summed E-state index contributed by atoms with van der Waals surface area (Å²) < 4.78 is 60.9. The molecule has 0 saturated carbocycles. The first-order valence-electron chi connectivity index (χ1n) is 14.1. The molecule has 0 unspecified atom stereocenters. The number of hydrogen-bond acceptors (Lipinski definition) is 8. The molecule has 1 aromatic heterocycles. The van der Waals surface area contributed by atoms with Crippen LogP contribution in [-0.2, 0) is 16.1 Å². The second-order valence-corrected chi connectivity index (χ2v) is 11.8. The van der Waals surface area contributed by atoms with Gasteiger partial charge >= 0.3 is 12.1 Å². The van der Waals surface area contributed by atoms with Gasteiger partial charge in [-0.05, 0) is 61.4 Å². The van der Waals surface area contributed by atoms with E-state index in [1.165, 1.54) is 43.3 Å². The largest absolute Gasteiger partial charge is 0.490 e. The fourth-order valence-corrected chi connectivity index (χ4v) is 6.33. The van der Waals surface area contributed by atoms with Gasteiger partial charge in [0.1, 0.15) is 6.61 Å². The van der Waals surface area contributed by atoms with E-state index in [4.69, 9.17) is 37.4 Å². The fraction of sp³-hybridized carbons (Fsp3) is 0.212. The number of nitrogens with zero attached hydrogens (tertiary/aromatic N) is 3. The number of allylic oxidation sites excluding steroid dienone is 1. The van der Waals surface area contributed by atoms with Crippen molar-refractivity contribution in [1.29, 1.82) is 5.26 Å². The highest BCUT2D eigenvalue weighted by Gasteiger charge is 2.45. The van der Waals surface area contributed by atoms with Gasteiger partial charge in [-0.3, -0.25) is 9.36 Å². The first kappa shape index (κ1) is 33.8. The lowest BCUT2D eigenvalue weighted by atomic mass is 9.95. The number of carbonyl (C=O) groups is 1. The summed E-state index contributed by atoms with van der Waals surface area (Å²) in [7, 11) is 0. The maximum absolute atomic E-state index is 14.4. The molecule has 1 atom stereocenters. The zero-order valence-corrected chi connectivity index (χ0v) is 27.1. The van der Waals surface area contributed by atoms with Crippen molar-refractivity contribution in [2.75, 3.05) is 13.2 Å². The van der Waals surface area contributed by atoms with E-state index < -0.39 is 35.0 Å². The molecule has 0 bridgehead atoms. The maximum atomic E-state index is 14.4. The Kier molecular flexibility index (Phi) is 10.1. The van der Waals surface area contributed by atoms with E-state index in [0.717, 1.165) is 4.57 Å². The number of aromatic nitrogens is 1. The van der Waals surface area contributed by atoms with Crippen molar-refractivity contribution >= 4 is 46.6 Å². The van der Waals surface area contributed by atoms with Crippen molar-refractivity contribution in [3.63, 3.8) is 0 Å². The van der Waals surface area contributed by atoms with Crippen LogP contribution in [0.1, 0.15) is 42.1 Å². The fourth-order valence-electron chi connectivity index (χ4n) is 4.93. The molecule has 0 fully saturated rings. The molecule has 0 spiro atoms. The van der Waals surface area contributed by atoms with E-state index >= 15 is 0 Å². The lowest BCUT2D eigenvalue weighted by Gasteiger charge is -2.26. The Balaban J connectivity index is 1.65. The van der Waals surface area contributed by atoms with Crippen LogP contribution in [0.5, 0.6) is 11.5 Å². The number of halogens is 5. The highest BCUT2D eigenvalue weighted by atomic mass is 35.5. The number of nitriles is 1. The third kappa shape index (κ3) is 7.07. The average molecular weight is 703 g/mol. The minimum Gasteiger partial charge on any atom is -0.490 e.